The predicted octanol–water partition coefficient (Wildman–Crippen LogP) is 15.2. The summed E-state index contributed by atoms with van der Waals surface area (Å²) < 4.78 is 10.7. The number of aryl methyl sites for hydroxylation is 3. The van der Waals surface area contributed by atoms with Gasteiger partial charge in [0.05, 0.1) is 19.4 Å². The third kappa shape index (κ3) is 17.0. The highest BCUT2D eigenvalue weighted by Gasteiger charge is 2.10. The van der Waals surface area contributed by atoms with Crippen molar-refractivity contribution in [2.45, 2.75) is 89.5 Å². The van der Waals surface area contributed by atoms with E-state index in [1.165, 1.54) is 43.6 Å². The molecule has 3 aromatic carbocycles. The summed E-state index contributed by atoms with van der Waals surface area (Å²) in [7, 11) is 4.47. The highest BCUT2D eigenvalue weighted by Crippen LogP contribution is 2.38. The van der Waals surface area contributed by atoms with Crippen molar-refractivity contribution in [2.75, 3.05) is 13.7 Å². The minimum atomic E-state index is 0.711. The van der Waals surface area contributed by atoms with Crippen molar-refractivity contribution in [2.24, 2.45) is 0 Å². The Hall–Kier alpha value is -3.98. The summed E-state index contributed by atoms with van der Waals surface area (Å²) in [5.74, 6) is 1.90. The summed E-state index contributed by atoms with van der Waals surface area (Å²) >= 11 is 1.71. The first kappa shape index (κ1) is 48.0. The molecule has 4 aromatic rings. The average molecular weight is 740 g/mol. The number of allylic oxidation sites excluding steroid dienone is 4. The Labute approximate surface area is 324 Å². The number of ether oxygens (including phenoxy) is 2. The van der Waals surface area contributed by atoms with Crippen molar-refractivity contribution < 1.29 is 9.47 Å². The number of aromatic nitrogens is 1. The minimum Gasteiger partial charge on any atom is -0.496 e. The Morgan fingerprint density at radius 2 is 1.52 bits per heavy atom. The Kier molecular flexibility index (Phi) is 24.7. The van der Waals surface area contributed by atoms with E-state index < -0.39 is 0 Å². The third-order valence-corrected chi connectivity index (χ3v) is 8.95. The van der Waals surface area contributed by atoms with Crippen LogP contribution in [0.25, 0.3) is 28.2 Å². The molecule has 0 saturated carbocycles. The molecule has 4 rings (SSSR count). The van der Waals surface area contributed by atoms with Gasteiger partial charge >= 0.3 is 0 Å². The van der Waals surface area contributed by atoms with Gasteiger partial charge in [0.1, 0.15) is 11.5 Å². The molecule has 0 bridgehead atoms. The van der Waals surface area contributed by atoms with Gasteiger partial charge < -0.3 is 14.5 Å². The first-order valence-corrected chi connectivity index (χ1v) is 19.6. The number of hydrogen-bond donors (Lipinski definition) is 1. The predicted molar refractivity (Wildman–Crippen MR) is 242 cm³/mol. The lowest BCUT2D eigenvalue weighted by molar-refractivity contribution is 0.338. The fraction of sp³-hybridized carbons (Fsp3) is 0.319. The van der Waals surface area contributed by atoms with E-state index in [0.717, 1.165) is 45.2 Å². The standard InChI is InChI=1S/C17H20NPS.C15H20O.C11H14O.2C2H6/c1-11(2)20-17(13(4)19)16-9-15(10-18-16)14-7-5-6-12(3)8-14;1-5-12(3)7-8-14-9-10-15(16-6-2)13(4)11-14;1-5-10-6-8(2)7-11(12-4)9(10)3;2*1-2/h5-10,18H,1,19H2,2-4H3;7-11H,3,5-6H2,1-2,4H3;5-7H,1H2,2-4H3;2*1-2H3/b17-13+;8-7+;;;. The van der Waals surface area contributed by atoms with Crippen LogP contribution in [-0.2, 0) is 0 Å². The molecular formula is C47H66NO2PS. The summed E-state index contributed by atoms with van der Waals surface area (Å²) in [5.41, 5.74) is 11.9. The van der Waals surface area contributed by atoms with E-state index in [0.29, 0.717) is 6.61 Å². The van der Waals surface area contributed by atoms with E-state index in [-0.39, 0.29) is 0 Å². The van der Waals surface area contributed by atoms with E-state index in [2.05, 4.69) is 135 Å². The number of benzene rings is 3. The maximum Gasteiger partial charge on any atom is 0.122 e. The molecular weight excluding hydrogens is 674 g/mol. The van der Waals surface area contributed by atoms with Crippen molar-refractivity contribution in [3.05, 3.63) is 148 Å². The number of hydrogen-bond acceptors (Lipinski definition) is 3. The number of aromatic amines is 1. The third-order valence-electron chi connectivity index (χ3n) is 7.36. The van der Waals surface area contributed by atoms with Crippen LogP contribution in [0.2, 0.25) is 0 Å². The summed E-state index contributed by atoms with van der Waals surface area (Å²) in [6.45, 7) is 36.9. The fourth-order valence-corrected chi connectivity index (χ4v) is 5.81. The van der Waals surface area contributed by atoms with E-state index in [1.54, 1.807) is 18.9 Å². The van der Waals surface area contributed by atoms with Crippen molar-refractivity contribution in [1.82, 2.24) is 4.98 Å². The van der Waals surface area contributed by atoms with Gasteiger partial charge in [0, 0.05) is 11.1 Å². The molecule has 1 unspecified atom stereocenters. The summed E-state index contributed by atoms with van der Waals surface area (Å²) in [4.78, 5) is 5.69. The molecule has 1 heterocycles. The Morgan fingerprint density at radius 1 is 0.846 bits per heavy atom. The van der Waals surface area contributed by atoms with Crippen LogP contribution < -0.4 is 9.47 Å². The zero-order valence-electron chi connectivity index (χ0n) is 34.4. The van der Waals surface area contributed by atoms with Gasteiger partial charge in [0.15, 0.2) is 0 Å². The van der Waals surface area contributed by atoms with Gasteiger partial charge in [-0.3, -0.25) is 0 Å². The quantitative estimate of drug-likeness (QED) is 0.123. The largest absolute Gasteiger partial charge is 0.496 e. The molecule has 0 spiro atoms. The van der Waals surface area contributed by atoms with Crippen molar-refractivity contribution in [1.29, 1.82) is 0 Å². The number of nitrogens with one attached hydrogen (secondary N) is 1. The Bertz CT molecular complexity index is 1750. The topological polar surface area (TPSA) is 34.2 Å². The summed E-state index contributed by atoms with van der Waals surface area (Å²) in [6.07, 6.45) is 9.07. The van der Waals surface area contributed by atoms with Gasteiger partial charge in [-0.25, -0.2) is 0 Å². The molecule has 5 heteroatoms. The molecule has 0 aliphatic rings. The van der Waals surface area contributed by atoms with Crippen LogP contribution in [0, 0.1) is 27.7 Å². The number of H-pyrrole nitrogens is 1. The van der Waals surface area contributed by atoms with Crippen molar-refractivity contribution in [3.8, 4) is 22.6 Å². The molecule has 0 aliphatic heterocycles. The molecule has 0 amide bonds. The lowest BCUT2D eigenvalue weighted by Crippen LogP contribution is -1.93. The highest BCUT2D eigenvalue weighted by molar-refractivity contribution is 8.11. The average Bonchev–Trinajstić information content (AvgIpc) is 3.63. The molecule has 282 valence electrons. The molecule has 0 saturated heterocycles. The molecule has 52 heavy (non-hydrogen) atoms. The van der Waals surface area contributed by atoms with E-state index >= 15 is 0 Å². The van der Waals surface area contributed by atoms with Crippen LogP contribution in [-0.4, -0.2) is 18.7 Å². The maximum atomic E-state index is 5.50. The Morgan fingerprint density at radius 3 is 2.04 bits per heavy atom. The molecule has 0 fully saturated rings. The van der Waals surface area contributed by atoms with Crippen LogP contribution in [0.3, 0.4) is 0 Å². The number of thioether (sulfide) groups is 1. The van der Waals surface area contributed by atoms with Crippen LogP contribution in [0.5, 0.6) is 11.5 Å². The van der Waals surface area contributed by atoms with Gasteiger partial charge in [0.25, 0.3) is 0 Å². The van der Waals surface area contributed by atoms with Crippen molar-refractivity contribution in [3.63, 3.8) is 0 Å². The lowest BCUT2D eigenvalue weighted by Gasteiger charge is -2.08. The number of methoxy groups -OCH3 is 1. The second-order valence-corrected chi connectivity index (χ2v) is 13.9. The summed E-state index contributed by atoms with van der Waals surface area (Å²) in [6, 6.07) is 21.1. The second kappa shape index (κ2) is 26.7. The summed E-state index contributed by atoms with van der Waals surface area (Å²) in [5, 5.41) is 1.22. The van der Waals surface area contributed by atoms with Gasteiger partial charge in [-0.15, -0.1) is 9.24 Å². The molecule has 3 nitrogen and oxygen atoms in total. The Balaban J connectivity index is 0.000000735. The van der Waals surface area contributed by atoms with Gasteiger partial charge in [-0.05, 0) is 128 Å². The van der Waals surface area contributed by atoms with Crippen LogP contribution >= 0.6 is 21.0 Å². The van der Waals surface area contributed by atoms with Gasteiger partial charge in [-0.2, -0.15) is 0 Å². The number of rotatable bonds is 11. The smallest absolute Gasteiger partial charge is 0.122 e. The minimum absolute atomic E-state index is 0.711. The zero-order valence-corrected chi connectivity index (χ0v) is 36.4. The van der Waals surface area contributed by atoms with Crippen LogP contribution in [0.1, 0.15) is 101 Å². The van der Waals surface area contributed by atoms with E-state index in [4.69, 9.17) is 9.47 Å². The SMILES string of the molecule is C=C(/C=C/c1ccc(OCC)c(C)c1)CC.C=C(C)S/C(=C(\C)P)c1cc(-c2cccc(C)c2)c[nH]1.C=Cc1cc(C)cc(OC)c1C.CC.CC. The lowest BCUT2D eigenvalue weighted by atomic mass is 10.0. The van der Waals surface area contributed by atoms with Crippen LogP contribution in [0.4, 0.5) is 0 Å². The molecule has 1 aromatic heterocycles. The highest BCUT2D eigenvalue weighted by atomic mass is 32.2. The first-order chi connectivity index (χ1) is 24.8. The van der Waals surface area contributed by atoms with Gasteiger partial charge in [-0.1, -0.05) is 132 Å². The second-order valence-electron chi connectivity index (χ2n) is 11.7. The molecule has 0 radical (unpaired) electrons. The molecule has 0 aliphatic carbocycles. The zero-order chi connectivity index (χ0) is 39.8. The van der Waals surface area contributed by atoms with E-state index in [9.17, 15) is 0 Å². The first-order valence-electron chi connectivity index (χ1n) is 18.3. The monoisotopic (exact) mass is 739 g/mol. The van der Waals surface area contributed by atoms with E-state index in [1.807, 2.05) is 66.7 Å². The van der Waals surface area contributed by atoms with Crippen molar-refractivity contribution >= 4 is 38.1 Å². The maximum absolute atomic E-state index is 5.50. The van der Waals surface area contributed by atoms with Gasteiger partial charge in [0.2, 0.25) is 0 Å². The van der Waals surface area contributed by atoms with Crippen LogP contribution in [0.15, 0.2) is 108 Å². The molecule has 1 atom stereocenters. The molecule has 1 N–H and O–H groups in total. The fourth-order valence-electron chi connectivity index (χ4n) is 4.74. The normalized spacial score (nSPS) is 10.4.